The molecule has 1 amide bonds. The van der Waals surface area contributed by atoms with Crippen LogP contribution in [-0.2, 0) is 21.2 Å². The molecule has 0 spiro atoms. The Morgan fingerprint density at radius 1 is 1.17 bits per heavy atom. The van der Waals surface area contributed by atoms with Crippen LogP contribution < -0.4 is 5.48 Å². The maximum Gasteiger partial charge on any atom is 0.264 e. The fraction of sp³-hybridized carbons (Fsp3) is 0.238. The molecular weight excluding hydrogens is 390 g/mol. The van der Waals surface area contributed by atoms with Gasteiger partial charge in [-0.2, -0.15) is 5.10 Å². The maximum absolute atomic E-state index is 12.1. The van der Waals surface area contributed by atoms with E-state index in [2.05, 4.69) is 5.10 Å². The predicted octanol–water partition coefficient (Wildman–Crippen LogP) is 2.91. The van der Waals surface area contributed by atoms with Crippen molar-refractivity contribution in [2.75, 3.05) is 6.26 Å². The predicted molar refractivity (Wildman–Crippen MR) is 113 cm³/mol. The average Bonchev–Trinajstić information content (AvgIpc) is 3.12. The highest BCUT2D eigenvalue weighted by atomic mass is 32.2. The molecule has 29 heavy (non-hydrogen) atoms. The highest BCUT2D eigenvalue weighted by molar-refractivity contribution is 7.92. The molecule has 0 aliphatic carbocycles. The second-order valence-corrected chi connectivity index (χ2v) is 9.59. The zero-order valence-electron chi connectivity index (χ0n) is 16.2. The van der Waals surface area contributed by atoms with Crippen molar-refractivity contribution >= 4 is 38.8 Å². The Hall–Kier alpha value is -2.97. The largest absolute Gasteiger partial charge is 0.289 e. The minimum atomic E-state index is -3.74. The number of nitrogens with one attached hydrogen (secondary N) is 1. The van der Waals surface area contributed by atoms with Crippen LogP contribution in [0.3, 0.4) is 0 Å². The summed E-state index contributed by atoms with van der Waals surface area (Å²) in [6, 6.07) is 15.8. The van der Waals surface area contributed by atoms with Gasteiger partial charge in [0.05, 0.1) is 5.52 Å². The number of nitrogens with zero attached hydrogens (tertiary/aromatic N) is 2. The molecule has 0 bridgehead atoms. The minimum absolute atomic E-state index is 0.0209. The minimum Gasteiger partial charge on any atom is -0.289 e. The van der Waals surface area contributed by atoms with Gasteiger partial charge in [-0.3, -0.25) is 14.7 Å². The van der Waals surface area contributed by atoms with Crippen LogP contribution in [0.4, 0.5) is 0 Å². The van der Waals surface area contributed by atoms with E-state index in [-0.39, 0.29) is 13.0 Å². The summed E-state index contributed by atoms with van der Waals surface area (Å²) < 4.78 is 24.0. The van der Waals surface area contributed by atoms with Crippen molar-refractivity contribution in [2.24, 2.45) is 0 Å². The molecular formula is C21H23N3O4S. The summed E-state index contributed by atoms with van der Waals surface area (Å²) >= 11 is 0. The SMILES string of the molecule is C[C@@](CCn1cc2cc(C=Cc3ccccc3)ccc2n1)(C(=O)NO)S(C)(=O)=O. The van der Waals surface area contributed by atoms with E-state index in [0.717, 1.165) is 28.3 Å². The van der Waals surface area contributed by atoms with Crippen LogP contribution in [0.25, 0.3) is 23.1 Å². The van der Waals surface area contributed by atoms with Crippen LogP contribution in [0, 0.1) is 0 Å². The number of carbonyl (C=O) groups excluding carboxylic acids is 1. The number of hydrogen-bond acceptors (Lipinski definition) is 5. The van der Waals surface area contributed by atoms with Crippen LogP contribution in [-0.4, -0.2) is 40.3 Å². The van der Waals surface area contributed by atoms with E-state index >= 15 is 0 Å². The summed E-state index contributed by atoms with van der Waals surface area (Å²) in [5, 5.41) is 14.3. The summed E-state index contributed by atoms with van der Waals surface area (Å²) in [6.45, 7) is 1.50. The third-order valence-corrected chi connectivity index (χ3v) is 7.09. The molecule has 2 N–H and O–H groups in total. The quantitative estimate of drug-likeness (QED) is 0.352. The third-order valence-electron chi connectivity index (χ3n) is 5.06. The maximum atomic E-state index is 12.1. The fourth-order valence-electron chi connectivity index (χ4n) is 2.98. The van der Waals surface area contributed by atoms with Gasteiger partial charge in [-0.05, 0) is 36.6 Å². The monoisotopic (exact) mass is 413 g/mol. The van der Waals surface area contributed by atoms with E-state index in [1.54, 1.807) is 4.68 Å². The molecule has 7 nitrogen and oxygen atoms in total. The van der Waals surface area contributed by atoms with Crippen LogP contribution in [0.15, 0.2) is 54.7 Å². The molecule has 0 aliphatic heterocycles. The van der Waals surface area contributed by atoms with Gasteiger partial charge in [0.15, 0.2) is 14.6 Å². The van der Waals surface area contributed by atoms with Gasteiger partial charge >= 0.3 is 0 Å². The number of sulfone groups is 1. The zero-order chi connectivity index (χ0) is 21.1. The van der Waals surface area contributed by atoms with Crippen LogP contribution in [0.2, 0.25) is 0 Å². The Labute approximate surface area is 169 Å². The Bertz CT molecular complexity index is 1150. The highest BCUT2D eigenvalue weighted by Gasteiger charge is 2.43. The van der Waals surface area contributed by atoms with Crippen LogP contribution in [0.5, 0.6) is 0 Å². The number of hydroxylamine groups is 1. The molecule has 0 fully saturated rings. The summed E-state index contributed by atoms with van der Waals surface area (Å²) in [7, 11) is -3.74. The molecule has 3 aromatic rings. The summed E-state index contributed by atoms with van der Waals surface area (Å²) in [6.07, 6.45) is 6.81. The van der Waals surface area contributed by atoms with Gasteiger partial charge in [-0.15, -0.1) is 0 Å². The van der Waals surface area contributed by atoms with Crippen molar-refractivity contribution in [3.63, 3.8) is 0 Å². The molecule has 1 heterocycles. The van der Waals surface area contributed by atoms with Crippen molar-refractivity contribution in [1.82, 2.24) is 15.3 Å². The van der Waals surface area contributed by atoms with E-state index in [4.69, 9.17) is 5.21 Å². The van der Waals surface area contributed by atoms with Crippen molar-refractivity contribution in [2.45, 2.75) is 24.6 Å². The van der Waals surface area contributed by atoms with Crippen molar-refractivity contribution in [3.05, 3.63) is 65.9 Å². The van der Waals surface area contributed by atoms with Crippen molar-refractivity contribution < 1.29 is 18.4 Å². The lowest BCUT2D eigenvalue weighted by Gasteiger charge is -2.24. The topological polar surface area (TPSA) is 101 Å². The number of aryl methyl sites for hydroxylation is 1. The van der Waals surface area contributed by atoms with E-state index < -0.39 is 20.5 Å². The number of hydrogen-bond donors (Lipinski definition) is 2. The van der Waals surface area contributed by atoms with Gasteiger partial charge in [0.25, 0.3) is 5.91 Å². The molecule has 0 unspecified atom stereocenters. The molecule has 3 rings (SSSR count). The molecule has 8 heteroatoms. The van der Waals surface area contributed by atoms with E-state index in [1.165, 1.54) is 12.4 Å². The highest BCUT2D eigenvalue weighted by Crippen LogP contribution is 2.23. The molecule has 0 radical (unpaired) electrons. The molecule has 0 aliphatic rings. The fourth-order valence-corrected chi connectivity index (χ4v) is 3.83. The van der Waals surface area contributed by atoms with Gasteiger partial charge in [0.1, 0.15) is 0 Å². The summed E-state index contributed by atoms with van der Waals surface area (Å²) in [5.41, 5.74) is 4.34. The first-order valence-corrected chi connectivity index (χ1v) is 11.0. The van der Waals surface area contributed by atoms with Gasteiger partial charge in [-0.1, -0.05) is 48.6 Å². The number of fused-ring (bicyclic) bond motifs is 1. The van der Waals surface area contributed by atoms with Crippen molar-refractivity contribution in [1.29, 1.82) is 0 Å². The number of rotatable bonds is 7. The molecule has 0 saturated carbocycles. The normalized spacial score (nSPS) is 14.2. The van der Waals surface area contributed by atoms with Crippen molar-refractivity contribution in [3.8, 4) is 0 Å². The van der Waals surface area contributed by atoms with Gasteiger partial charge in [0.2, 0.25) is 0 Å². The van der Waals surface area contributed by atoms with Crippen LogP contribution in [0.1, 0.15) is 24.5 Å². The molecule has 1 atom stereocenters. The van der Waals surface area contributed by atoms with E-state index in [9.17, 15) is 13.2 Å². The Morgan fingerprint density at radius 2 is 1.86 bits per heavy atom. The Morgan fingerprint density at radius 3 is 2.52 bits per heavy atom. The van der Waals surface area contributed by atoms with E-state index in [0.29, 0.717) is 0 Å². The smallest absolute Gasteiger partial charge is 0.264 e. The molecule has 152 valence electrons. The van der Waals surface area contributed by atoms with Gasteiger partial charge in [-0.25, -0.2) is 13.9 Å². The lowest BCUT2D eigenvalue weighted by molar-refractivity contribution is -0.131. The van der Waals surface area contributed by atoms with Gasteiger partial charge in [0, 0.05) is 24.4 Å². The second kappa shape index (κ2) is 8.18. The first kappa shape index (κ1) is 20.8. The lowest BCUT2D eigenvalue weighted by Crippen LogP contribution is -2.49. The third kappa shape index (κ3) is 4.55. The first-order valence-electron chi connectivity index (χ1n) is 9.07. The number of carbonyl (C=O) groups is 1. The zero-order valence-corrected chi connectivity index (χ0v) is 17.1. The molecule has 1 aromatic heterocycles. The molecule has 2 aromatic carbocycles. The second-order valence-electron chi connectivity index (χ2n) is 7.15. The Balaban J connectivity index is 1.79. The Kier molecular flexibility index (Phi) is 5.86. The van der Waals surface area contributed by atoms with Gasteiger partial charge < -0.3 is 0 Å². The summed E-state index contributed by atoms with van der Waals surface area (Å²) in [5.74, 6) is -0.954. The number of benzene rings is 2. The number of amides is 1. The molecule has 0 saturated heterocycles. The summed E-state index contributed by atoms with van der Waals surface area (Å²) in [4.78, 5) is 11.9. The first-order chi connectivity index (χ1) is 13.7. The number of aromatic nitrogens is 2. The van der Waals surface area contributed by atoms with Crippen LogP contribution >= 0.6 is 0 Å². The average molecular weight is 413 g/mol. The lowest BCUT2D eigenvalue weighted by atomic mass is 10.1. The van der Waals surface area contributed by atoms with E-state index in [1.807, 2.05) is 66.9 Å². The standard InChI is InChI=1S/C21H23N3O4S/c1-21(20(25)23-26,29(2,27)28)12-13-24-15-18-14-17(10-11-19(18)22-24)9-8-16-6-4-3-5-7-16/h3-11,14-15,26H,12-13H2,1-2H3,(H,23,25)/t21-/m1/s1.